The second kappa shape index (κ2) is 8.92. The predicted octanol–water partition coefficient (Wildman–Crippen LogP) is 3.98. The van der Waals surface area contributed by atoms with E-state index in [0.29, 0.717) is 32.4 Å². The van der Waals surface area contributed by atoms with Gasteiger partial charge in [-0.3, -0.25) is 9.36 Å². The summed E-state index contributed by atoms with van der Waals surface area (Å²) in [5.41, 5.74) is 0.862. The maximum atomic E-state index is 12.6. The molecule has 0 radical (unpaired) electrons. The van der Waals surface area contributed by atoms with Crippen LogP contribution in [0.15, 0.2) is 34.2 Å². The molecule has 0 unspecified atom stereocenters. The molecule has 1 saturated carbocycles. The number of aromatic amines is 1. The van der Waals surface area contributed by atoms with Crippen LogP contribution in [0.2, 0.25) is 5.02 Å². The molecule has 1 aliphatic rings. The zero-order valence-electron chi connectivity index (χ0n) is 17.6. The summed E-state index contributed by atoms with van der Waals surface area (Å²) in [6, 6.07) is 7.87. The maximum absolute atomic E-state index is 12.6. The van der Waals surface area contributed by atoms with Crippen molar-refractivity contribution in [3.63, 3.8) is 0 Å². The Bertz CT molecular complexity index is 1420. The van der Waals surface area contributed by atoms with Crippen LogP contribution in [0, 0.1) is 6.92 Å². The molecule has 1 aromatic carbocycles. The molecular weight excluding hydrogens is 482 g/mol. The van der Waals surface area contributed by atoms with Crippen LogP contribution in [0.5, 0.6) is 0 Å². The number of carboxylic acids is 1. The minimum absolute atomic E-state index is 0.0261. The minimum Gasteiger partial charge on any atom is -0.544 e. The van der Waals surface area contributed by atoms with Crippen molar-refractivity contribution in [2.75, 3.05) is 0 Å². The van der Waals surface area contributed by atoms with Crippen LogP contribution in [0.25, 0.3) is 21.6 Å². The fourth-order valence-electron chi connectivity index (χ4n) is 4.28. The van der Waals surface area contributed by atoms with Crippen molar-refractivity contribution in [1.82, 2.24) is 24.7 Å². The number of aryl methyl sites for hydroxylation is 1. The summed E-state index contributed by atoms with van der Waals surface area (Å²) in [6.45, 7) is 1.59. The van der Waals surface area contributed by atoms with Gasteiger partial charge < -0.3 is 14.9 Å². The fraction of sp³-hybridized carbons (Fsp3) is 0.318. The zero-order chi connectivity index (χ0) is 23.1. The number of carbonyl (C=O) groups excluding carboxylic acids is 1. The number of thiophene rings is 1. The first-order chi connectivity index (χ1) is 15.9. The average molecular weight is 501 g/mol. The molecule has 0 amide bonds. The normalized spacial score (nSPS) is 14.4. The highest BCUT2D eigenvalue weighted by atomic mass is 35.5. The van der Waals surface area contributed by atoms with Gasteiger partial charge in [0, 0.05) is 11.6 Å². The summed E-state index contributed by atoms with van der Waals surface area (Å²) in [5, 5.41) is 21.9. The molecular formula is C22H19ClN5O3S2-. The summed E-state index contributed by atoms with van der Waals surface area (Å²) >= 11 is 8.84. The SMILES string of the molecule is Cc1c(C(=O)[O-])sc2nc(CSc3nnc(-c4ccccc4Cl)n3C3CCCC3)[nH]c(=O)c12. The van der Waals surface area contributed by atoms with E-state index in [1.807, 2.05) is 24.3 Å². The number of nitrogens with zero attached hydrogens (tertiary/aromatic N) is 4. The van der Waals surface area contributed by atoms with Gasteiger partial charge in [0.25, 0.3) is 5.56 Å². The van der Waals surface area contributed by atoms with E-state index in [-0.39, 0.29) is 16.5 Å². The number of halogens is 1. The van der Waals surface area contributed by atoms with Gasteiger partial charge in [0.05, 0.1) is 27.0 Å². The van der Waals surface area contributed by atoms with Gasteiger partial charge in [-0.25, -0.2) is 4.98 Å². The quantitative estimate of drug-likeness (QED) is 0.398. The second-order valence-electron chi connectivity index (χ2n) is 7.92. The molecule has 11 heteroatoms. The highest BCUT2D eigenvalue weighted by Crippen LogP contribution is 2.38. The largest absolute Gasteiger partial charge is 0.544 e. The molecule has 1 fully saturated rings. The van der Waals surface area contributed by atoms with E-state index in [9.17, 15) is 14.7 Å². The van der Waals surface area contributed by atoms with Crippen LogP contribution in [0.1, 0.15) is 52.8 Å². The molecule has 1 N–H and O–H groups in total. The van der Waals surface area contributed by atoms with Gasteiger partial charge in [-0.1, -0.05) is 48.3 Å². The monoisotopic (exact) mass is 500 g/mol. The van der Waals surface area contributed by atoms with Gasteiger partial charge in [0.1, 0.15) is 10.7 Å². The van der Waals surface area contributed by atoms with Crippen LogP contribution < -0.4 is 10.7 Å². The van der Waals surface area contributed by atoms with Crippen molar-refractivity contribution >= 4 is 50.9 Å². The Balaban J connectivity index is 1.49. The average Bonchev–Trinajstić information content (AvgIpc) is 3.51. The van der Waals surface area contributed by atoms with Crippen LogP contribution >= 0.6 is 34.7 Å². The Morgan fingerprint density at radius 2 is 2.06 bits per heavy atom. The molecule has 0 saturated heterocycles. The lowest BCUT2D eigenvalue weighted by atomic mass is 10.2. The first kappa shape index (κ1) is 22.1. The number of hydrogen-bond donors (Lipinski definition) is 1. The van der Waals surface area contributed by atoms with Crippen LogP contribution in [0.3, 0.4) is 0 Å². The van der Waals surface area contributed by atoms with E-state index in [0.717, 1.165) is 53.6 Å². The standard InChI is InChI=1S/C22H20ClN5O3S2/c1-11-16-19(29)24-15(25-20(16)33-17(11)21(30)31)10-32-22-27-26-18(13-8-4-5-9-14(13)23)28(22)12-6-2-3-7-12/h4-5,8-9,12H,2-3,6-7,10H2,1H3,(H,30,31)(H,24,25,29)/p-1. The Morgan fingerprint density at radius 1 is 1.30 bits per heavy atom. The van der Waals surface area contributed by atoms with E-state index < -0.39 is 5.97 Å². The molecule has 5 rings (SSSR count). The molecule has 8 nitrogen and oxygen atoms in total. The minimum atomic E-state index is -1.30. The number of benzene rings is 1. The Hall–Kier alpha value is -2.69. The van der Waals surface area contributed by atoms with Crippen LogP contribution in [0.4, 0.5) is 0 Å². The van der Waals surface area contributed by atoms with Gasteiger partial charge in [0.2, 0.25) is 0 Å². The number of carbonyl (C=O) groups is 1. The van der Waals surface area contributed by atoms with Gasteiger partial charge in [-0.05, 0) is 37.5 Å². The lowest BCUT2D eigenvalue weighted by Crippen LogP contribution is -2.21. The van der Waals surface area contributed by atoms with Crippen molar-refractivity contribution in [1.29, 1.82) is 0 Å². The number of fused-ring (bicyclic) bond motifs is 1. The number of nitrogens with one attached hydrogen (secondary N) is 1. The lowest BCUT2D eigenvalue weighted by molar-refractivity contribution is -0.254. The van der Waals surface area contributed by atoms with Crippen LogP contribution in [-0.4, -0.2) is 30.7 Å². The van der Waals surface area contributed by atoms with Crippen molar-refractivity contribution in [2.24, 2.45) is 0 Å². The Kier molecular flexibility index (Phi) is 5.98. The number of aromatic carboxylic acids is 1. The first-order valence-corrected chi connectivity index (χ1v) is 12.7. The highest BCUT2D eigenvalue weighted by Gasteiger charge is 2.26. The van der Waals surface area contributed by atoms with Gasteiger partial charge in [-0.2, -0.15) is 0 Å². The number of thioether (sulfide) groups is 1. The third-order valence-corrected chi connectivity index (χ3v) is 8.29. The summed E-state index contributed by atoms with van der Waals surface area (Å²) in [5.74, 6) is 0.238. The molecule has 3 aromatic heterocycles. The number of aromatic nitrogens is 5. The summed E-state index contributed by atoms with van der Waals surface area (Å²) in [7, 11) is 0. The fourth-order valence-corrected chi connectivity index (χ4v) is 6.41. The molecule has 33 heavy (non-hydrogen) atoms. The first-order valence-electron chi connectivity index (χ1n) is 10.5. The molecule has 0 bridgehead atoms. The highest BCUT2D eigenvalue weighted by molar-refractivity contribution is 7.98. The van der Waals surface area contributed by atoms with E-state index in [4.69, 9.17) is 11.6 Å². The van der Waals surface area contributed by atoms with E-state index in [1.54, 1.807) is 6.92 Å². The van der Waals surface area contributed by atoms with Gasteiger partial charge in [0.15, 0.2) is 11.0 Å². The molecule has 0 atom stereocenters. The molecule has 4 aromatic rings. The van der Waals surface area contributed by atoms with E-state index in [2.05, 4.69) is 24.7 Å². The second-order valence-corrected chi connectivity index (χ2v) is 10.3. The molecule has 3 heterocycles. The number of H-pyrrole nitrogens is 1. The van der Waals surface area contributed by atoms with Crippen molar-refractivity contribution in [3.05, 3.63) is 55.9 Å². The number of hydrogen-bond acceptors (Lipinski definition) is 8. The predicted molar refractivity (Wildman–Crippen MR) is 127 cm³/mol. The van der Waals surface area contributed by atoms with Crippen molar-refractivity contribution in [3.8, 4) is 11.4 Å². The lowest BCUT2D eigenvalue weighted by Gasteiger charge is -2.17. The zero-order valence-corrected chi connectivity index (χ0v) is 20.0. The van der Waals surface area contributed by atoms with Gasteiger partial charge in [-0.15, -0.1) is 21.5 Å². The topological polar surface area (TPSA) is 117 Å². The Labute approximate surface area is 202 Å². The molecule has 170 valence electrons. The molecule has 0 spiro atoms. The third-order valence-electron chi connectivity index (χ3n) is 5.84. The third kappa shape index (κ3) is 4.07. The van der Waals surface area contributed by atoms with E-state index in [1.165, 1.54) is 11.8 Å². The van der Waals surface area contributed by atoms with Crippen LogP contribution in [-0.2, 0) is 5.75 Å². The summed E-state index contributed by atoms with van der Waals surface area (Å²) < 4.78 is 2.15. The number of rotatable bonds is 6. The number of carboxylic acid groups (broad SMARTS) is 1. The van der Waals surface area contributed by atoms with E-state index >= 15 is 0 Å². The smallest absolute Gasteiger partial charge is 0.259 e. The van der Waals surface area contributed by atoms with Crippen molar-refractivity contribution < 1.29 is 9.90 Å². The van der Waals surface area contributed by atoms with Crippen molar-refractivity contribution in [2.45, 2.75) is 49.6 Å². The Morgan fingerprint density at radius 3 is 2.79 bits per heavy atom. The van der Waals surface area contributed by atoms with Gasteiger partial charge >= 0.3 is 0 Å². The summed E-state index contributed by atoms with van der Waals surface area (Å²) in [4.78, 5) is 31.6. The summed E-state index contributed by atoms with van der Waals surface area (Å²) in [6.07, 6.45) is 4.40. The molecule has 1 aliphatic carbocycles. The maximum Gasteiger partial charge on any atom is 0.259 e. The molecule has 0 aliphatic heterocycles.